The average Bonchev–Trinajstić information content (AvgIpc) is 2.97. The van der Waals surface area contributed by atoms with Crippen LogP contribution < -0.4 is 5.32 Å². The lowest BCUT2D eigenvalue weighted by Crippen LogP contribution is -2.20. The molecular formula is C15H20FN5O3S. The van der Waals surface area contributed by atoms with E-state index < -0.39 is 21.6 Å². The molecule has 10 heteroatoms. The Morgan fingerprint density at radius 1 is 1.36 bits per heavy atom. The first kappa shape index (κ1) is 19.0. The number of rotatable bonds is 9. The molecule has 0 radical (unpaired) electrons. The molecule has 1 heterocycles. The van der Waals surface area contributed by atoms with Crippen LogP contribution in [0.1, 0.15) is 32.0 Å². The van der Waals surface area contributed by atoms with Crippen LogP contribution in [-0.4, -0.2) is 40.3 Å². The van der Waals surface area contributed by atoms with Gasteiger partial charge in [0.1, 0.15) is 11.6 Å². The van der Waals surface area contributed by atoms with E-state index in [0.29, 0.717) is 6.54 Å². The number of halogens is 1. The van der Waals surface area contributed by atoms with Crippen molar-refractivity contribution in [2.24, 2.45) is 0 Å². The Kier molecular flexibility index (Phi) is 6.57. The van der Waals surface area contributed by atoms with E-state index in [0.717, 1.165) is 18.9 Å². The molecule has 0 fully saturated rings. The normalized spacial score (nSPS) is 11.4. The van der Waals surface area contributed by atoms with E-state index >= 15 is 0 Å². The lowest BCUT2D eigenvalue weighted by atomic mass is 10.3. The van der Waals surface area contributed by atoms with Crippen LogP contribution in [0.4, 0.5) is 10.1 Å². The van der Waals surface area contributed by atoms with Gasteiger partial charge in [-0.25, -0.2) is 17.5 Å². The number of carbonyl (C=O) groups excluding carboxylic acids is 1. The molecule has 2 rings (SSSR count). The van der Waals surface area contributed by atoms with Crippen molar-refractivity contribution in [3.8, 4) is 0 Å². The van der Waals surface area contributed by atoms with Crippen LogP contribution in [-0.2, 0) is 26.9 Å². The molecular weight excluding hydrogens is 349 g/mol. The molecule has 2 aromatic rings. The van der Waals surface area contributed by atoms with Crippen molar-refractivity contribution in [2.45, 2.75) is 38.5 Å². The van der Waals surface area contributed by atoms with Gasteiger partial charge in [-0.05, 0) is 35.0 Å². The zero-order chi connectivity index (χ0) is 18.3. The van der Waals surface area contributed by atoms with Crippen molar-refractivity contribution in [1.29, 1.82) is 0 Å². The minimum Gasteiger partial charge on any atom is -0.326 e. The molecule has 0 saturated heterocycles. The molecule has 0 bridgehead atoms. The molecule has 0 aliphatic carbocycles. The summed E-state index contributed by atoms with van der Waals surface area (Å²) in [7, 11) is -3.55. The highest BCUT2D eigenvalue weighted by Gasteiger charge is 2.19. The van der Waals surface area contributed by atoms with Gasteiger partial charge in [0.25, 0.3) is 0 Å². The smallest absolute Gasteiger partial charge is 0.225 e. The van der Waals surface area contributed by atoms with Crippen molar-refractivity contribution in [1.82, 2.24) is 20.2 Å². The summed E-state index contributed by atoms with van der Waals surface area (Å²) in [6, 6.07) is 5.40. The number of unbranched alkanes of at least 4 members (excludes halogenated alkanes) is 1. The maximum Gasteiger partial charge on any atom is 0.225 e. The highest BCUT2D eigenvalue weighted by atomic mass is 32.2. The first-order valence-corrected chi connectivity index (χ1v) is 9.72. The Bertz CT molecular complexity index is 822. The van der Waals surface area contributed by atoms with E-state index in [1.165, 1.54) is 22.9 Å². The van der Waals surface area contributed by atoms with Crippen molar-refractivity contribution < 1.29 is 17.6 Å². The number of nitrogens with zero attached hydrogens (tertiary/aromatic N) is 4. The van der Waals surface area contributed by atoms with Crippen LogP contribution in [0, 0.1) is 5.82 Å². The van der Waals surface area contributed by atoms with Crippen molar-refractivity contribution in [3.05, 3.63) is 35.9 Å². The summed E-state index contributed by atoms with van der Waals surface area (Å²) >= 11 is 0. The standard InChI is InChI=1S/C15H20FN5O3S/c1-2-3-8-21-14(18-19-20-21)11-25(23,24)9-7-15(22)17-13-6-4-5-12(16)10-13/h4-6,10H,2-3,7-9,11H2,1H3,(H,17,22). The number of aryl methyl sites for hydroxylation is 1. The summed E-state index contributed by atoms with van der Waals surface area (Å²) in [5, 5.41) is 13.5. The molecule has 136 valence electrons. The summed E-state index contributed by atoms with van der Waals surface area (Å²) in [6.45, 7) is 2.56. The van der Waals surface area contributed by atoms with E-state index in [-0.39, 0.29) is 29.4 Å². The fourth-order valence-corrected chi connectivity index (χ4v) is 3.36. The van der Waals surface area contributed by atoms with E-state index in [1.54, 1.807) is 0 Å². The monoisotopic (exact) mass is 369 g/mol. The average molecular weight is 369 g/mol. The van der Waals surface area contributed by atoms with Gasteiger partial charge in [0.15, 0.2) is 15.7 Å². The Hall–Kier alpha value is -2.36. The molecule has 0 aliphatic heterocycles. The van der Waals surface area contributed by atoms with E-state index in [2.05, 4.69) is 20.8 Å². The van der Waals surface area contributed by atoms with Crippen LogP contribution in [0.3, 0.4) is 0 Å². The number of carbonyl (C=O) groups is 1. The molecule has 1 amide bonds. The van der Waals surface area contributed by atoms with Gasteiger partial charge in [-0.2, -0.15) is 0 Å². The molecule has 1 aromatic heterocycles. The summed E-state index contributed by atoms with van der Waals surface area (Å²) in [5.41, 5.74) is 0.283. The Morgan fingerprint density at radius 3 is 2.88 bits per heavy atom. The second-order valence-electron chi connectivity index (χ2n) is 5.57. The lowest BCUT2D eigenvalue weighted by molar-refractivity contribution is -0.115. The Balaban J connectivity index is 1.88. The van der Waals surface area contributed by atoms with Gasteiger partial charge in [0.05, 0.1) is 5.75 Å². The fourth-order valence-electron chi connectivity index (χ4n) is 2.11. The van der Waals surface area contributed by atoms with Crippen molar-refractivity contribution >= 4 is 21.4 Å². The number of aromatic nitrogens is 4. The van der Waals surface area contributed by atoms with E-state index in [4.69, 9.17) is 0 Å². The van der Waals surface area contributed by atoms with Crippen molar-refractivity contribution in [3.63, 3.8) is 0 Å². The van der Waals surface area contributed by atoms with E-state index in [9.17, 15) is 17.6 Å². The van der Waals surface area contributed by atoms with Gasteiger partial charge >= 0.3 is 0 Å². The minimum atomic E-state index is -3.55. The van der Waals surface area contributed by atoms with Crippen LogP contribution in [0.2, 0.25) is 0 Å². The molecule has 0 unspecified atom stereocenters. The zero-order valence-electron chi connectivity index (χ0n) is 13.9. The quantitative estimate of drug-likeness (QED) is 0.719. The number of tetrazole rings is 1. The summed E-state index contributed by atoms with van der Waals surface area (Å²) in [6.07, 6.45) is 1.55. The number of benzene rings is 1. The van der Waals surface area contributed by atoms with Gasteiger partial charge in [-0.15, -0.1) is 5.10 Å². The van der Waals surface area contributed by atoms with Crippen LogP contribution >= 0.6 is 0 Å². The molecule has 0 spiro atoms. The summed E-state index contributed by atoms with van der Waals surface area (Å²) < 4.78 is 38.9. The third kappa shape index (κ3) is 6.22. The number of amides is 1. The third-order valence-corrected chi connectivity index (χ3v) is 4.95. The molecule has 1 N–H and O–H groups in total. The number of hydrogen-bond donors (Lipinski definition) is 1. The molecule has 0 saturated carbocycles. The maximum absolute atomic E-state index is 13.1. The first-order valence-electron chi connectivity index (χ1n) is 7.90. The van der Waals surface area contributed by atoms with Crippen LogP contribution in [0.25, 0.3) is 0 Å². The van der Waals surface area contributed by atoms with Gasteiger partial charge < -0.3 is 5.32 Å². The minimum absolute atomic E-state index is 0.227. The van der Waals surface area contributed by atoms with Gasteiger partial charge in [0, 0.05) is 18.7 Å². The van der Waals surface area contributed by atoms with Gasteiger partial charge in [0.2, 0.25) is 5.91 Å². The zero-order valence-corrected chi connectivity index (χ0v) is 14.7. The second kappa shape index (κ2) is 8.65. The van der Waals surface area contributed by atoms with E-state index in [1.807, 2.05) is 6.92 Å². The molecule has 1 aromatic carbocycles. The molecule has 25 heavy (non-hydrogen) atoms. The molecule has 8 nitrogen and oxygen atoms in total. The SMILES string of the molecule is CCCCn1nnnc1CS(=O)(=O)CCC(=O)Nc1cccc(F)c1. The lowest BCUT2D eigenvalue weighted by Gasteiger charge is -2.07. The molecule has 0 atom stereocenters. The molecule has 0 aliphatic rings. The fraction of sp³-hybridized carbons (Fsp3) is 0.467. The van der Waals surface area contributed by atoms with Crippen molar-refractivity contribution in [2.75, 3.05) is 11.1 Å². The number of nitrogens with one attached hydrogen (secondary N) is 1. The predicted molar refractivity (Wildman–Crippen MR) is 89.9 cm³/mol. The predicted octanol–water partition coefficient (Wildman–Crippen LogP) is 1.56. The second-order valence-corrected chi connectivity index (χ2v) is 7.76. The van der Waals surface area contributed by atoms with Crippen LogP contribution in [0.5, 0.6) is 0 Å². The highest BCUT2D eigenvalue weighted by Crippen LogP contribution is 2.10. The Labute approximate surface area is 145 Å². The Morgan fingerprint density at radius 2 is 2.16 bits per heavy atom. The maximum atomic E-state index is 13.1. The summed E-state index contributed by atoms with van der Waals surface area (Å²) in [5.74, 6) is -1.38. The number of sulfone groups is 1. The van der Waals surface area contributed by atoms with Crippen LogP contribution in [0.15, 0.2) is 24.3 Å². The van der Waals surface area contributed by atoms with Gasteiger partial charge in [-0.3, -0.25) is 4.79 Å². The number of anilines is 1. The topological polar surface area (TPSA) is 107 Å². The number of hydrogen-bond acceptors (Lipinski definition) is 6. The largest absolute Gasteiger partial charge is 0.326 e. The summed E-state index contributed by atoms with van der Waals surface area (Å²) in [4.78, 5) is 11.8. The first-order chi connectivity index (χ1) is 11.9. The van der Waals surface area contributed by atoms with Gasteiger partial charge in [-0.1, -0.05) is 19.4 Å². The third-order valence-electron chi connectivity index (χ3n) is 3.43. The highest BCUT2D eigenvalue weighted by molar-refractivity contribution is 7.90.